The van der Waals surface area contributed by atoms with Crippen molar-refractivity contribution in [1.29, 1.82) is 0 Å². The first kappa shape index (κ1) is 16.7. The summed E-state index contributed by atoms with van der Waals surface area (Å²) in [5, 5.41) is 3.41. The number of hydrogen-bond donors (Lipinski definition) is 1. The molecule has 0 spiro atoms. The fourth-order valence-electron chi connectivity index (χ4n) is 2.49. The van der Waals surface area contributed by atoms with Crippen LogP contribution in [0.2, 0.25) is 0 Å². The van der Waals surface area contributed by atoms with E-state index in [0.717, 1.165) is 22.0 Å². The molecule has 0 aromatic heterocycles. The van der Waals surface area contributed by atoms with E-state index in [4.69, 9.17) is 9.47 Å². The highest BCUT2D eigenvalue weighted by molar-refractivity contribution is 8.00. The third kappa shape index (κ3) is 4.03. The zero-order chi connectivity index (χ0) is 16.9. The normalized spacial score (nSPS) is 13.0. The molecule has 0 saturated heterocycles. The molecule has 0 radical (unpaired) electrons. The molecule has 1 amide bonds. The van der Waals surface area contributed by atoms with Gasteiger partial charge in [-0.1, -0.05) is 32.0 Å². The SMILES string of the molecule is CC(C)Sc1ccccc1C(=O)NCc1ccc2c(c1)OCCO2. The van der Waals surface area contributed by atoms with Crippen LogP contribution in [0.1, 0.15) is 29.8 Å². The van der Waals surface area contributed by atoms with Gasteiger partial charge in [-0.05, 0) is 29.8 Å². The molecular weight excluding hydrogens is 322 g/mol. The maximum absolute atomic E-state index is 12.5. The predicted octanol–water partition coefficient (Wildman–Crippen LogP) is 3.89. The van der Waals surface area contributed by atoms with Crippen LogP contribution in [0.4, 0.5) is 0 Å². The average molecular weight is 343 g/mol. The summed E-state index contributed by atoms with van der Waals surface area (Å²) in [6, 6.07) is 13.5. The van der Waals surface area contributed by atoms with Crippen molar-refractivity contribution in [3.05, 3.63) is 53.6 Å². The number of ether oxygens (including phenoxy) is 2. The Bertz CT molecular complexity index is 730. The third-order valence-corrected chi connectivity index (χ3v) is 4.64. The van der Waals surface area contributed by atoms with E-state index in [-0.39, 0.29) is 5.91 Å². The Labute approximate surface area is 146 Å². The number of amides is 1. The first-order chi connectivity index (χ1) is 11.6. The lowest BCUT2D eigenvalue weighted by molar-refractivity contribution is 0.0948. The number of nitrogens with one attached hydrogen (secondary N) is 1. The monoisotopic (exact) mass is 343 g/mol. The highest BCUT2D eigenvalue weighted by Crippen LogP contribution is 2.31. The van der Waals surface area contributed by atoms with Crippen molar-refractivity contribution in [2.75, 3.05) is 13.2 Å². The Hall–Kier alpha value is -2.14. The highest BCUT2D eigenvalue weighted by atomic mass is 32.2. The van der Waals surface area contributed by atoms with E-state index in [1.165, 1.54) is 0 Å². The second-order valence-corrected chi connectivity index (χ2v) is 7.44. The molecule has 0 bridgehead atoms. The summed E-state index contributed by atoms with van der Waals surface area (Å²) in [6.07, 6.45) is 0. The summed E-state index contributed by atoms with van der Waals surface area (Å²) >= 11 is 1.70. The molecule has 0 saturated carbocycles. The first-order valence-electron chi connectivity index (χ1n) is 8.06. The Morgan fingerprint density at radius 2 is 1.88 bits per heavy atom. The summed E-state index contributed by atoms with van der Waals surface area (Å²) < 4.78 is 11.1. The van der Waals surface area contributed by atoms with Crippen LogP contribution in [0.15, 0.2) is 47.4 Å². The van der Waals surface area contributed by atoms with Gasteiger partial charge >= 0.3 is 0 Å². The minimum atomic E-state index is -0.0614. The quantitative estimate of drug-likeness (QED) is 0.837. The molecule has 3 rings (SSSR count). The second-order valence-electron chi connectivity index (χ2n) is 5.82. The summed E-state index contributed by atoms with van der Waals surface area (Å²) in [5.41, 5.74) is 1.70. The van der Waals surface area contributed by atoms with Gasteiger partial charge < -0.3 is 14.8 Å². The molecule has 1 heterocycles. The van der Waals surface area contributed by atoms with Crippen LogP contribution in [0.25, 0.3) is 0 Å². The number of rotatable bonds is 5. The van der Waals surface area contributed by atoms with E-state index < -0.39 is 0 Å². The van der Waals surface area contributed by atoms with Crippen molar-refractivity contribution in [3.63, 3.8) is 0 Å². The first-order valence-corrected chi connectivity index (χ1v) is 8.94. The molecule has 1 N–H and O–H groups in total. The molecule has 0 unspecified atom stereocenters. The van der Waals surface area contributed by atoms with E-state index in [2.05, 4.69) is 19.2 Å². The fourth-order valence-corrected chi connectivity index (χ4v) is 3.44. The van der Waals surface area contributed by atoms with Crippen LogP contribution in [-0.4, -0.2) is 24.4 Å². The summed E-state index contributed by atoms with van der Waals surface area (Å²) in [7, 11) is 0. The number of hydrogen-bond acceptors (Lipinski definition) is 4. The number of carbonyl (C=O) groups excluding carboxylic acids is 1. The smallest absolute Gasteiger partial charge is 0.252 e. The van der Waals surface area contributed by atoms with Crippen LogP contribution in [-0.2, 0) is 6.54 Å². The summed E-state index contributed by atoms with van der Waals surface area (Å²) in [4.78, 5) is 13.5. The van der Waals surface area contributed by atoms with Gasteiger partial charge in [-0.2, -0.15) is 0 Å². The number of carbonyl (C=O) groups is 1. The number of thioether (sulfide) groups is 1. The zero-order valence-corrected chi connectivity index (χ0v) is 14.7. The minimum Gasteiger partial charge on any atom is -0.486 e. The van der Waals surface area contributed by atoms with Gasteiger partial charge in [0.05, 0.1) is 5.56 Å². The molecule has 0 atom stereocenters. The fraction of sp³-hybridized carbons (Fsp3) is 0.316. The van der Waals surface area contributed by atoms with Crippen molar-refractivity contribution in [3.8, 4) is 11.5 Å². The maximum Gasteiger partial charge on any atom is 0.252 e. The third-order valence-electron chi connectivity index (χ3n) is 3.55. The van der Waals surface area contributed by atoms with Gasteiger partial charge in [-0.15, -0.1) is 11.8 Å². The average Bonchev–Trinajstić information content (AvgIpc) is 2.59. The molecular formula is C19H21NO3S. The van der Waals surface area contributed by atoms with Gasteiger partial charge in [0.1, 0.15) is 13.2 Å². The van der Waals surface area contributed by atoms with Crippen LogP contribution >= 0.6 is 11.8 Å². The van der Waals surface area contributed by atoms with Gasteiger partial charge in [0.15, 0.2) is 11.5 Å². The molecule has 2 aromatic rings. The van der Waals surface area contributed by atoms with E-state index in [1.807, 2.05) is 42.5 Å². The molecule has 126 valence electrons. The zero-order valence-electron chi connectivity index (χ0n) is 13.9. The lowest BCUT2D eigenvalue weighted by Gasteiger charge is -2.19. The van der Waals surface area contributed by atoms with Gasteiger partial charge in [-0.25, -0.2) is 0 Å². The molecule has 4 nitrogen and oxygen atoms in total. The summed E-state index contributed by atoms with van der Waals surface area (Å²) in [5.74, 6) is 1.44. The Kier molecular flexibility index (Phi) is 5.30. The molecule has 0 aliphatic carbocycles. The van der Waals surface area contributed by atoms with Crippen LogP contribution in [0.3, 0.4) is 0 Å². The topological polar surface area (TPSA) is 47.6 Å². The van der Waals surface area contributed by atoms with Gasteiger partial charge in [0.25, 0.3) is 5.91 Å². The molecule has 1 aliphatic heterocycles. The van der Waals surface area contributed by atoms with Gasteiger partial charge in [0.2, 0.25) is 0 Å². The second kappa shape index (κ2) is 7.62. The van der Waals surface area contributed by atoms with Crippen LogP contribution in [0, 0.1) is 0 Å². The van der Waals surface area contributed by atoms with E-state index in [1.54, 1.807) is 11.8 Å². The van der Waals surface area contributed by atoms with Crippen molar-refractivity contribution < 1.29 is 14.3 Å². The van der Waals surface area contributed by atoms with Gasteiger partial charge in [-0.3, -0.25) is 4.79 Å². The van der Waals surface area contributed by atoms with E-state index >= 15 is 0 Å². The summed E-state index contributed by atoms with van der Waals surface area (Å²) in [6.45, 7) is 5.83. The van der Waals surface area contributed by atoms with E-state index in [9.17, 15) is 4.79 Å². The number of fused-ring (bicyclic) bond motifs is 1. The van der Waals surface area contributed by atoms with E-state index in [0.29, 0.717) is 30.6 Å². The molecule has 5 heteroatoms. The molecule has 0 fully saturated rings. The lowest BCUT2D eigenvalue weighted by Crippen LogP contribution is -2.23. The van der Waals surface area contributed by atoms with Crippen LogP contribution < -0.4 is 14.8 Å². The number of benzene rings is 2. The molecule has 24 heavy (non-hydrogen) atoms. The van der Waals surface area contributed by atoms with Crippen molar-refractivity contribution in [2.24, 2.45) is 0 Å². The van der Waals surface area contributed by atoms with Gasteiger partial charge in [0, 0.05) is 16.7 Å². The van der Waals surface area contributed by atoms with Crippen LogP contribution in [0.5, 0.6) is 11.5 Å². The Morgan fingerprint density at radius 1 is 1.12 bits per heavy atom. The minimum absolute atomic E-state index is 0.0614. The molecule has 1 aliphatic rings. The Morgan fingerprint density at radius 3 is 2.67 bits per heavy atom. The lowest BCUT2D eigenvalue weighted by atomic mass is 10.1. The van der Waals surface area contributed by atoms with Crippen molar-refractivity contribution in [2.45, 2.75) is 30.5 Å². The highest BCUT2D eigenvalue weighted by Gasteiger charge is 2.14. The molecule has 2 aromatic carbocycles. The standard InChI is InChI=1S/C19H21NO3S/c1-13(2)24-18-6-4-3-5-15(18)19(21)20-12-14-7-8-16-17(11-14)23-10-9-22-16/h3-8,11,13H,9-10,12H2,1-2H3,(H,20,21). The van der Waals surface area contributed by atoms with Crippen molar-refractivity contribution in [1.82, 2.24) is 5.32 Å². The Balaban J connectivity index is 1.68. The largest absolute Gasteiger partial charge is 0.486 e. The predicted molar refractivity (Wildman–Crippen MR) is 96.0 cm³/mol. The van der Waals surface area contributed by atoms with Crippen molar-refractivity contribution >= 4 is 17.7 Å². The maximum atomic E-state index is 12.5.